The zero-order chi connectivity index (χ0) is 21.2. The Labute approximate surface area is 168 Å². The van der Waals surface area contributed by atoms with E-state index in [9.17, 15) is 22.0 Å². The molecule has 1 saturated heterocycles. The van der Waals surface area contributed by atoms with Crippen LogP contribution in [-0.2, 0) is 9.84 Å². The second-order valence-electron chi connectivity index (χ2n) is 6.59. The smallest absolute Gasteiger partial charge is 0.341 e. The number of hydrogen-bond acceptors (Lipinski definition) is 5. The lowest BCUT2D eigenvalue weighted by molar-refractivity contribution is 0.0734. The first-order chi connectivity index (χ1) is 13.8. The number of halogens is 2. The largest absolute Gasteiger partial charge is 0.497 e. The molecule has 0 radical (unpaired) electrons. The average Bonchev–Trinajstić information content (AvgIpc) is 3.22. The third kappa shape index (κ3) is 4.05. The number of ether oxygens (including phenoxy) is 2. The fourth-order valence-corrected chi connectivity index (χ4v) is 4.21. The van der Waals surface area contributed by atoms with E-state index < -0.39 is 20.5 Å². The SMILES string of the molecule is COc1ccc(OC)c(C2CCCN2C(=O)c2ccc(S(=O)(=O)C(F)F)cc2)c1. The minimum Gasteiger partial charge on any atom is -0.497 e. The number of rotatable bonds is 6. The van der Waals surface area contributed by atoms with E-state index in [4.69, 9.17) is 9.47 Å². The van der Waals surface area contributed by atoms with E-state index in [0.717, 1.165) is 30.5 Å². The van der Waals surface area contributed by atoms with Crippen LogP contribution in [0.5, 0.6) is 11.5 Å². The number of nitrogens with zero attached hydrogens (tertiary/aromatic N) is 1. The first-order valence-corrected chi connectivity index (χ1v) is 10.5. The van der Waals surface area contributed by atoms with Gasteiger partial charge in [0, 0.05) is 17.7 Å². The van der Waals surface area contributed by atoms with Crippen molar-refractivity contribution in [1.29, 1.82) is 0 Å². The molecule has 0 N–H and O–H groups in total. The molecule has 1 heterocycles. The molecule has 1 aliphatic heterocycles. The van der Waals surface area contributed by atoms with Gasteiger partial charge in [0.2, 0.25) is 9.84 Å². The molecule has 156 valence electrons. The maximum atomic E-state index is 13.0. The monoisotopic (exact) mass is 425 g/mol. The number of benzene rings is 2. The highest BCUT2D eigenvalue weighted by Gasteiger charge is 2.33. The van der Waals surface area contributed by atoms with E-state index in [1.807, 2.05) is 6.07 Å². The van der Waals surface area contributed by atoms with E-state index in [1.165, 1.54) is 12.1 Å². The number of carbonyl (C=O) groups excluding carboxylic acids is 1. The van der Waals surface area contributed by atoms with Gasteiger partial charge in [-0.25, -0.2) is 8.42 Å². The first-order valence-electron chi connectivity index (χ1n) is 8.94. The molecule has 0 spiro atoms. The van der Waals surface area contributed by atoms with Crippen LogP contribution in [0, 0.1) is 0 Å². The summed E-state index contributed by atoms with van der Waals surface area (Å²) < 4.78 is 59.2. The number of sulfone groups is 1. The van der Waals surface area contributed by atoms with Gasteiger partial charge in [-0.2, -0.15) is 8.78 Å². The summed E-state index contributed by atoms with van der Waals surface area (Å²) in [5.41, 5.74) is 1.04. The van der Waals surface area contributed by atoms with Gasteiger partial charge in [-0.3, -0.25) is 4.79 Å². The summed E-state index contributed by atoms with van der Waals surface area (Å²) in [6.45, 7) is 0.515. The Morgan fingerprint density at radius 1 is 1.10 bits per heavy atom. The van der Waals surface area contributed by atoms with Gasteiger partial charge in [0.25, 0.3) is 5.91 Å². The topological polar surface area (TPSA) is 72.9 Å². The Kier molecular flexibility index (Phi) is 6.07. The lowest BCUT2D eigenvalue weighted by Gasteiger charge is -2.27. The molecule has 1 atom stereocenters. The van der Waals surface area contributed by atoms with Crippen molar-refractivity contribution in [2.24, 2.45) is 0 Å². The highest BCUT2D eigenvalue weighted by atomic mass is 32.2. The molecule has 0 saturated carbocycles. The molecule has 0 bridgehead atoms. The fourth-order valence-electron chi connectivity index (χ4n) is 3.49. The Morgan fingerprint density at radius 3 is 2.38 bits per heavy atom. The third-order valence-electron chi connectivity index (χ3n) is 4.97. The van der Waals surface area contributed by atoms with Crippen LogP contribution >= 0.6 is 0 Å². The standard InChI is InChI=1S/C20H21F2NO5S/c1-27-14-7-10-18(28-2)16(12-14)17-4-3-11-23(17)19(24)13-5-8-15(9-6-13)29(25,26)20(21)22/h5-10,12,17,20H,3-4,11H2,1-2H3. The van der Waals surface area contributed by atoms with Crippen molar-refractivity contribution in [1.82, 2.24) is 4.90 Å². The van der Waals surface area contributed by atoms with Crippen molar-refractivity contribution in [3.8, 4) is 11.5 Å². The van der Waals surface area contributed by atoms with E-state index in [1.54, 1.807) is 31.3 Å². The van der Waals surface area contributed by atoms with Crippen LogP contribution in [0.2, 0.25) is 0 Å². The summed E-state index contributed by atoms with van der Waals surface area (Å²) in [6, 6.07) is 9.72. The summed E-state index contributed by atoms with van der Waals surface area (Å²) in [5.74, 6) is -2.54. The van der Waals surface area contributed by atoms with E-state index in [2.05, 4.69) is 0 Å². The van der Waals surface area contributed by atoms with Gasteiger partial charge < -0.3 is 14.4 Å². The van der Waals surface area contributed by atoms with Crippen LogP contribution in [-0.4, -0.2) is 45.7 Å². The molecule has 6 nitrogen and oxygen atoms in total. The van der Waals surface area contributed by atoms with E-state index in [-0.39, 0.29) is 17.5 Å². The zero-order valence-corrected chi connectivity index (χ0v) is 16.8. The fraction of sp³-hybridized carbons (Fsp3) is 0.350. The average molecular weight is 425 g/mol. The second kappa shape index (κ2) is 8.36. The lowest BCUT2D eigenvalue weighted by Crippen LogP contribution is -2.30. The van der Waals surface area contributed by atoms with Crippen LogP contribution in [0.1, 0.15) is 34.8 Å². The highest BCUT2D eigenvalue weighted by molar-refractivity contribution is 7.91. The second-order valence-corrected chi connectivity index (χ2v) is 8.51. The molecule has 1 aliphatic rings. The molecule has 1 fully saturated rings. The Bertz CT molecular complexity index is 992. The molecular weight excluding hydrogens is 404 g/mol. The number of likely N-dealkylation sites (tertiary alicyclic amines) is 1. The summed E-state index contributed by atoms with van der Waals surface area (Å²) in [7, 11) is -1.59. The minimum absolute atomic E-state index is 0.229. The number of methoxy groups -OCH3 is 2. The minimum atomic E-state index is -4.70. The van der Waals surface area contributed by atoms with Gasteiger partial charge in [-0.15, -0.1) is 0 Å². The van der Waals surface area contributed by atoms with Crippen molar-refractivity contribution in [3.63, 3.8) is 0 Å². The van der Waals surface area contributed by atoms with E-state index in [0.29, 0.717) is 18.0 Å². The first kappa shape index (κ1) is 21.0. The van der Waals surface area contributed by atoms with Crippen LogP contribution in [0.15, 0.2) is 47.4 Å². The molecule has 9 heteroatoms. The van der Waals surface area contributed by atoms with Gasteiger partial charge in [0.05, 0.1) is 25.2 Å². The Balaban J connectivity index is 1.90. The molecule has 2 aromatic carbocycles. The molecule has 2 aromatic rings. The number of alkyl halides is 2. The van der Waals surface area contributed by atoms with E-state index >= 15 is 0 Å². The predicted molar refractivity (Wildman–Crippen MR) is 102 cm³/mol. The number of hydrogen-bond donors (Lipinski definition) is 0. The van der Waals surface area contributed by atoms with Crippen molar-refractivity contribution < 1.29 is 31.5 Å². The Hall–Kier alpha value is -2.68. The summed E-state index contributed by atoms with van der Waals surface area (Å²) in [5, 5.41) is 0. The Morgan fingerprint density at radius 2 is 1.79 bits per heavy atom. The van der Waals surface area contributed by atoms with Crippen molar-refractivity contribution in [2.45, 2.75) is 29.5 Å². The normalized spacial score (nSPS) is 16.9. The van der Waals surface area contributed by atoms with Gasteiger partial charge in [0.15, 0.2) is 0 Å². The molecule has 1 unspecified atom stereocenters. The zero-order valence-electron chi connectivity index (χ0n) is 16.0. The molecule has 3 rings (SSSR count). The van der Waals surface area contributed by atoms with Gasteiger partial charge in [0.1, 0.15) is 11.5 Å². The molecule has 0 aromatic heterocycles. The van der Waals surface area contributed by atoms with Crippen molar-refractivity contribution in [3.05, 3.63) is 53.6 Å². The molecule has 1 amide bonds. The maximum absolute atomic E-state index is 13.0. The van der Waals surface area contributed by atoms with Gasteiger partial charge >= 0.3 is 5.76 Å². The van der Waals surface area contributed by atoms with Gasteiger partial charge in [-0.05, 0) is 55.3 Å². The number of amides is 1. The summed E-state index contributed by atoms with van der Waals surface area (Å²) in [4.78, 5) is 14.2. The summed E-state index contributed by atoms with van der Waals surface area (Å²) in [6.07, 6.45) is 1.52. The van der Waals surface area contributed by atoms with Crippen LogP contribution in [0.3, 0.4) is 0 Å². The number of carbonyl (C=O) groups is 1. The van der Waals surface area contributed by atoms with Crippen LogP contribution < -0.4 is 9.47 Å². The van der Waals surface area contributed by atoms with Crippen molar-refractivity contribution >= 4 is 15.7 Å². The van der Waals surface area contributed by atoms with Gasteiger partial charge in [-0.1, -0.05) is 0 Å². The highest BCUT2D eigenvalue weighted by Crippen LogP contribution is 2.39. The van der Waals surface area contributed by atoms with Crippen LogP contribution in [0.4, 0.5) is 8.78 Å². The molecular formula is C20H21F2NO5S. The predicted octanol–water partition coefficient (Wildman–Crippen LogP) is 3.68. The molecule has 29 heavy (non-hydrogen) atoms. The maximum Gasteiger partial charge on any atom is 0.341 e. The van der Waals surface area contributed by atoms with Crippen molar-refractivity contribution in [2.75, 3.05) is 20.8 Å². The molecule has 0 aliphatic carbocycles. The quantitative estimate of drug-likeness (QED) is 0.706. The lowest BCUT2D eigenvalue weighted by atomic mass is 10.0. The third-order valence-corrected chi connectivity index (χ3v) is 6.37. The summed E-state index contributed by atoms with van der Waals surface area (Å²) >= 11 is 0. The van der Waals surface area contributed by atoms with Crippen LogP contribution in [0.25, 0.3) is 0 Å².